The summed E-state index contributed by atoms with van der Waals surface area (Å²) in [5, 5.41) is 16.5. The van der Waals surface area contributed by atoms with Crippen LogP contribution in [-0.2, 0) is 6.54 Å². The Hall–Kier alpha value is -0.750. The number of rotatable bonds is 5. The smallest absolute Gasteiger partial charge is 0.0795 e. The molecule has 0 aliphatic rings. The molecule has 2 aromatic rings. The second-order valence-electron chi connectivity index (χ2n) is 3.11. The van der Waals surface area contributed by atoms with Crippen molar-refractivity contribution in [1.82, 2.24) is 10.3 Å². The molecule has 0 spiro atoms. The number of nitrogens with one attached hydrogen (secondary N) is 1. The summed E-state index contributed by atoms with van der Waals surface area (Å²) in [5.41, 5.74) is 2.70. The summed E-state index contributed by atoms with van der Waals surface area (Å²) in [7, 11) is 0. The van der Waals surface area contributed by atoms with Gasteiger partial charge in [0, 0.05) is 16.8 Å². The van der Waals surface area contributed by atoms with Gasteiger partial charge in [-0.1, -0.05) is 6.07 Å². The molecular weight excluding hydrogens is 228 g/mol. The maximum atomic E-state index is 9.23. The van der Waals surface area contributed by atoms with Gasteiger partial charge in [0.05, 0.1) is 23.9 Å². The molecule has 0 radical (unpaired) electrons. The summed E-state index contributed by atoms with van der Waals surface area (Å²) < 4.78 is 0. The second-order valence-corrected chi connectivity index (χ2v) is 4.86. The van der Waals surface area contributed by atoms with Gasteiger partial charge in [0.1, 0.15) is 0 Å². The van der Waals surface area contributed by atoms with Gasteiger partial charge >= 0.3 is 0 Å². The molecule has 2 heterocycles. The Morgan fingerprint density at radius 3 is 3.07 bits per heavy atom. The van der Waals surface area contributed by atoms with Gasteiger partial charge in [-0.2, -0.15) is 0 Å². The van der Waals surface area contributed by atoms with Crippen molar-refractivity contribution in [1.29, 1.82) is 0 Å². The highest BCUT2D eigenvalue weighted by Gasteiger charge is 2.11. The molecule has 80 valence electrons. The number of aliphatic hydroxyl groups excluding tert-OH is 1. The van der Waals surface area contributed by atoms with Crippen LogP contribution in [-0.4, -0.2) is 16.7 Å². The Kier molecular flexibility index (Phi) is 3.85. The van der Waals surface area contributed by atoms with Crippen molar-refractivity contribution in [2.24, 2.45) is 0 Å². The minimum atomic E-state index is -0.0571. The monoisotopic (exact) mass is 240 g/mol. The van der Waals surface area contributed by atoms with Gasteiger partial charge in [0.25, 0.3) is 0 Å². The fourth-order valence-corrected chi connectivity index (χ4v) is 2.56. The molecule has 0 aromatic carbocycles. The summed E-state index contributed by atoms with van der Waals surface area (Å²) >= 11 is 3.26. The molecule has 0 saturated carbocycles. The Balaban J connectivity index is 1.92. The molecule has 0 aliphatic carbocycles. The number of hydrogen-bond donors (Lipinski definition) is 2. The summed E-state index contributed by atoms with van der Waals surface area (Å²) in [6, 6.07) is 4.05. The van der Waals surface area contributed by atoms with Gasteiger partial charge in [0.15, 0.2) is 0 Å². The van der Waals surface area contributed by atoms with Crippen molar-refractivity contribution in [3.05, 3.63) is 39.0 Å². The third-order valence-corrected chi connectivity index (χ3v) is 3.57. The quantitative estimate of drug-likeness (QED) is 0.840. The molecule has 15 heavy (non-hydrogen) atoms. The first-order chi connectivity index (χ1) is 7.40. The van der Waals surface area contributed by atoms with E-state index in [0.29, 0.717) is 0 Å². The predicted molar refractivity (Wildman–Crippen MR) is 63.1 cm³/mol. The first-order valence-electron chi connectivity index (χ1n) is 4.65. The van der Waals surface area contributed by atoms with E-state index in [1.54, 1.807) is 28.2 Å². The normalized spacial score (nSPS) is 12.9. The minimum Gasteiger partial charge on any atom is -0.394 e. The van der Waals surface area contributed by atoms with Gasteiger partial charge in [-0.05, 0) is 11.4 Å². The number of aliphatic hydroxyl groups is 1. The summed E-state index contributed by atoms with van der Waals surface area (Å²) in [6.45, 7) is 0.857. The molecule has 3 nitrogen and oxygen atoms in total. The van der Waals surface area contributed by atoms with Crippen LogP contribution < -0.4 is 5.32 Å². The van der Waals surface area contributed by atoms with Gasteiger partial charge in [-0.15, -0.1) is 22.7 Å². The lowest BCUT2D eigenvalue weighted by Crippen LogP contribution is -2.23. The SMILES string of the molecule is OCC(NCc1cccs1)c1cscn1. The minimum absolute atomic E-state index is 0.0571. The molecule has 1 unspecified atom stereocenters. The highest BCUT2D eigenvalue weighted by atomic mass is 32.1. The van der Waals surface area contributed by atoms with Gasteiger partial charge in [-0.25, -0.2) is 4.98 Å². The zero-order valence-corrected chi connectivity index (χ0v) is 9.72. The standard InChI is InChI=1S/C10H12N2OS2/c13-5-9(10-6-14-7-12-10)11-4-8-2-1-3-15-8/h1-3,6-7,9,11,13H,4-5H2. The van der Waals surface area contributed by atoms with Gasteiger partial charge in [-0.3, -0.25) is 0 Å². The van der Waals surface area contributed by atoms with Crippen molar-refractivity contribution >= 4 is 22.7 Å². The molecule has 0 saturated heterocycles. The van der Waals surface area contributed by atoms with Crippen molar-refractivity contribution < 1.29 is 5.11 Å². The summed E-state index contributed by atoms with van der Waals surface area (Å²) in [4.78, 5) is 5.45. The highest BCUT2D eigenvalue weighted by molar-refractivity contribution is 7.09. The number of hydrogen-bond acceptors (Lipinski definition) is 5. The topological polar surface area (TPSA) is 45.1 Å². The molecule has 0 bridgehead atoms. The van der Waals surface area contributed by atoms with Gasteiger partial charge < -0.3 is 10.4 Å². The van der Waals surface area contributed by atoms with Crippen LogP contribution in [0.4, 0.5) is 0 Å². The van der Waals surface area contributed by atoms with Crippen LogP contribution >= 0.6 is 22.7 Å². The first kappa shape index (κ1) is 10.8. The van der Waals surface area contributed by atoms with Crippen LogP contribution in [0.5, 0.6) is 0 Å². The van der Waals surface area contributed by atoms with Crippen LogP contribution in [0.15, 0.2) is 28.4 Å². The lowest BCUT2D eigenvalue weighted by atomic mass is 10.2. The number of aromatic nitrogens is 1. The maximum Gasteiger partial charge on any atom is 0.0795 e. The van der Waals surface area contributed by atoms with E-state index < -0.39 is 0 Å². The molecule has 2 aromatic heterocycles. The van der Waals surface area contributed by atoms with Crippen LogP contribution in [0, 0.1) is 0 Å². The van der Waals surface area contributed by atoms with E-state index in [9.17, 15) is 5.11 Å². The van der Waals surface area contributed by atoms with E-state index >= 15 is 0 Å². The summed E-state index contributed by atoms with van der Waals surface area (Å²) in [6.07, 6.45) is 0. The number of nitrogens with zero attached hydrogens (tertiary/aromatic N) is 1. The first-order valence-corrected chi connectivity index (χ1v) is 6.47. The van der Waals surface area contributed by atoms with Gasteiger partial charge in [0.2, 0.25) is 0 Å². The highest BCUT2D eigenvalue weighted by Crippen LogP contribution is 2.14. The van der Waals surface area contributed by atoms with Crippen LogP contribution in [0.1, 0.15) is 16.6 Å². The average molecular weight is 240 g/mol. The van der Waals surface area contributed by atoms with Crippen molar-refractivity contribution in [3.63, 3.8) is 0 Å². The third-order valence-electron chi connectivity index (χ3n) is 2.09. The fourth-order valence-electron chi connectivity index (χ4n) is 1.29. The van der Waals surface area contributed by atoms with E-state index in [1.165, 1.54) is 4.88 Å². The largest absolute Gasteiger partial charge is 0.394 e. The van der Waals surface area contributed by atoms with Crippen molar-refractivity contribution in [3.8, 4) is 0 Å². The summed E-state index contributed by atoms with van der Waals surface area (Å²) in [5.74, 6) is 0. The van der Waals surface area contributed by atoms with E-state index in [-0.39, 0.29) is 12.6 Å². The second kappa shape index (κ2) is 5.37. The fraction of sp³-hybridized carbons (Fsp3) is 0.300. The third kappa shape index (κ3) is 2.85. The Bertz CT molecular complexity index is 372. The molecule has 1 atom stereocenters. The van der Waals surface area contributed by atoms with Crippen LogP contribution in [0.25, 0.3) is 0 Å². The Labute approximate surface area is 96.4 Å². The molecule has 0 amide bonds. The average Bonchev–Trinajstić information content (AvgIpc) is 2.90. The van der Waals surface area contributed by atoms with Crippen molar-refractivity contribution in [2.75, 3.05) is 6.61 Å². The van der Waals surface area contributed by atoms with E-state index in [4.69, 9.17) is 0 Å². The predicted octanol–water partition coefficient (Wildman–Crippen LogP) is 2.03. The molecule has 5 heteroatoms. The lowest BCUT2D eigenvalue weighted by Gasteiger charge is -2.12. The van der Waals surface area contributed by atoms with Crippen molar-refractivity contribution in [2.45, 2.75) is 12.6 Å². The Morgan fingerprint density at radius 1 is 1.53 bits per heavy atom. The zero-order chi connectivity index (χ0) is 10.5. The number of thiophene rings is 1. The Morgan fingerprint density at radius 2 is 2.47 bits per heavy atom. The molecule has 0 fully saturated rings. The maximum absolute atomic E-state index is 9.23. The van der Waals surface area contributed by atoms with Crippen LogP contribution in [0.2, 0.25) is 0 Å². The lowest BCUT2D eigenvalue weighted by molar-refractivity contribution is 0.242. The molecule has 2 rings (SSSR count). The van der Waals surface area contributed by atoms with Crippen LogP contribution in [0.3, 0.4) is 0 Å². The van der Waals surface area contributed by atoms with E-state index in [0.717, 1.165) is 12.2 Å². The number of thiazole rings is 1. The zero-order valence-electron chi connectivity index (χ0n) is 8.09. The molecule has 2 N–H and O–H groups in total. The van der Waals surface area contributed by atoms with E-state index in [2.05, 4.69) is 16.4 Å². The van der Waals surface area contributed by atoms with E-state index in [1.807, 2.05) is 16.8 Å². The molecular formula is C10H12N2OS2. The molecule has 0 aliphatic heterocycles.